The van der Waals surface area contributed by atoms with Gasteiger partial charge in [-0.3, -0.25) is 9.36 Å². The standard InChI is InChI=1S/C14H11FN4O/c1-2-7-18-9-16-13-12(14(18)20)8-17-19(13)11-5-3-10(15)4-6-11/h2-6,8-9H,1,7H2. The second kappa shape index (κ2) is 4.73. The maximum atomic E-state index is 12.9. The number of fused-ring (bicyclic) bond motifs is 1. The average Bonchev–Trinajstić information content (AvgIpc) is 2.88. The Morgan fingerprint density at radius 1 is 1.30 bits per heavy atom. The van der Waals surface area contributed by atoms with Crippen LogP contribution in [0.15, 0.2) is 54.2 Å². The van der Waals surface area contributed by atoms with E-state index in [9.17, 15) is 9.18 Å². The van der Waals surface area contributed by atoms with Crippen LogP contribution in [0.2, 0.25) is 0 Å². The van der Waals surface area contributed by atoms with E-state index in [4.69, 9.17) is 0 Å². The first-order valence-electron chi connectivity index (χ1n) is 6.00. The summed E-state index contributed by atoms with van der Waals surface area (Å²) in [5.74, 6) is -0.327. The fraction of sp³-hybridized carbons (Fsp3) is 0.0714. The van der Waals surface area contributed by atoms with Gasteiger partial charge in [-0.05, 0) is 24.3 Å². The first-order valence-corrected chi connectivity index (χ1v) is 6.00. The number of hydrogen-bond donors (Lipinski definition) is 0. The van der Waals surface area contributed by atoms with Gasteiger partial charge in [-0.2, -0.15) is 5.10 Å². The first-order chi connectivity index (χ1) is 9.70. The van der Waals surface area contributed by atoms with Gasteiger partial charge in [0, 0.05) is 6.54 Å². The lowest BCUT2D eigenvalue weighted by Gasteiger charge is -2.04. The van der Waals surface area contributed by atoms with Crippen molar-refractivity contribution in [2.45, 2.75) is 6.54 Å². The Hall–Kier alpha value is -2.76. The number of rotatable bonds is 3. The van der Waals surface area contributed by atoms with Crippen molar-refractivity contribution >= 4 is 11.0 Å². The largest absolute Gasteiger partial charge is 0.295 e. The maximum Gasteiger partial charge on any atom is 0.264 e. The van der Waals surface area contributed by atoms with E-state index >= 15 is 0 Å². The number of benzene rings is 1. The van der Waals surface area contributed by atoms with Crippen molar-refractivity contribution in [2.75, 3.05) is 0 Å². The van der Waals surface area contributed by atoms with Crippen LogP contribution in [0.4, 0.5) is 4.39 Å². The van der Waals surface area contributed by atoms with E-state index in [0.29, 0.717) is 23.3 Å². The van der Waals surface area contributed by atoms with Gasteiger partial charge in [-0.15, -0.1) is 6.58 Å². The molecule has 0 aliphatic carbocycles. The zero-order valence-corrected chi connectivity index (χ0v) is 10.5. The Morgan fingerprint density at radius 3 is 2.75 bits per heavy atom. The van der Waals surface area contributed by atoms with E-state index in [2.05, 4.69) is 16.7 Å². The molecule has 6 heteroatoms. The fourth-order valence-corrected chi connectivity index (χ4v) is 1.99. The third-order valence-electron chi connectivity index (χ3n) is 2.95. The second-order valence-electron chi connectivity index (χ2n) is 4.26. The van der Waals surface area contributed by atoms with Crippen molar-refractivity contribution in [3.8, 4) is 5.69 Å². The smallest absolute Gasteiger partial charge is 0.264 e. The molecule has 5 nitrogen and oxygen atoms in total. The molecule has 1 aromatic carbocycles. The number of halogens is 1. The summed E-state index contributed by atoms with van der Waals surface area (Å²) in [5, 5.41) is 4.57. The molecule has 0 saturated heterocycles. The molecule has 0 saturated carbocycles. The third kappa shape index (κ3) is 1.91. The third-order valence-corrected chi connectivity index (χ3v) is 2.95. The first kappa shape index (κ1) is 12.3. The molecule has 0 atom stereocenters. The van der Waals surface area contributed by atoms with Crippen molar-refractivity contribution < 1.29 is 4.39 Å². The van der Waals surface area contributed by atoms with Crippen LogP contribution >= 0.6 is 0 Å². The Morgan fingerprint density at radius 2 is 2.05 bits per heavy atom. The molecule has 0 aliphatic heterocycles. The summed E-state index contributed by atoms with van der Waals surface area (Å²) in [6, 6.07) is 5.83. The van der Waals surface area contributed by atoms with E-state index in [1.165, 1.54) is 33.9 Å². The van der Waals surface area contributed by atoms with E-state index in [1.807, 2.05) is 0 Å². The topological polar surface area (TPSA) is 52.7 Å². The molecular weight excluding hydrogens is 259 g/mol. The Bertz CT molecular complexity index is 832. The van der Waals surface area contributed by atoms with Gasteiger partial charge in [0.2, 0.25) is 0 Å². The van der Waals surface area contributed by atoms with Gasteiger partial charge in [-0.25, -0.2) is 14.1 Å². The molecule has 2 heterocycles. The molecule has 0 unspecified atom stereocenters. The minimum absolute atomic E-state index is 0.178. The van der Waals surface area contributed by atoms with Crippen LogP contribution in [0.5, 0.6) is 0 Å². The van der Waals surface area contributed by atoms with E-state index < -0.39 is 0 Å². The van der Waals surface area contributed by atoms with Crippen LogP contribution in [0.1, 0.15) is 0 Å². The molecule has 3 aromatic rings. The SMILES string of the molecule is C=CCn1cnc2c(cnn2-c2ccc(F)cc2)c1=O. The Kier molecular flexibility index (Phi) is 2.90. The summed E-state index contributed by atoms with van der Waals surface area (Å²) >= 11 is 0. The van der Waals surface area contributed by atoms with Gasteiger partial charge in [0.25, 0.3) is 5.56 Å². The zero-order valence-electron chi connectivity index (χ0n) is 10.5. The lowest BCUT2D eigenvalue weighted by molar-refractivity contribution is 0.627. The van der Waals surface area contributed by atoms with Crippen LogP contribution in [0.3, 0.4) is 0 Å². The van der Waals surface area contributed by atoms with Gasteiger partial charge >= 0.3 is 0 Å². The normalized spacial score (nSPS) is 10.8. The van der Waals surface area contributed by atoms with Gasteiger partial charge in [0.15, 0.2) is 5.65 Å². The van der Waals surface area contributed by atoms with E-state index in [1.54, 1.807) is 18.2 Å². The highest BCUT2D eigenvalue weighted by molar-refractivity contribution is 5.74. The zero-order chi connectivity index (χ0) is 14.1. The highest BCUT2D eigenvalue weighted by Crippen LogP contribution is 2.13. The van der Waals surface area contributed by atoms with E-state index in [0.717, 1.165) is 0 Å². The predicted octanol–water partition coefficient (Wildman–Crippen LogP) is 1.91. The number of nitrogens with zero attached hydrogens (tertiary/aromatic N) is 4. The van der Waals surface area contributed by atoms with Crippen LogP contribution < -0.4 is 5.56 Å². The highest BCUT2D eigenvalue weighted by atomic mass is 19.1. The molecular formula is C14H11FN4O. The molecule has 0 fully saturated rings. The molecule has 0 radical (unpaired) electrons. The minimum atomic E-state index is -0.327. The van der Waals surface area contributed by atoms with Gasteiger partial charge in [-0.1, -0.05) is 6.08 Å². The number of aromatic nitrogens is 4. The monoisotopic (exact) mass is 270 g/mol. The average molecular weight is 270 g/mol. The van der Waals surface area contributed by atoms with Crippen molar-refractivity contribution in [3.63, 3.8) is 0 Å². The fourth-order valence-electron chi connectivity index (χ4n) is 1.99. The Labute approximate surface area is 113 Å². The van der Waals surface area contributed by atoms with Crippen LogP contribution in [0.25, 0.3) is 16.7 Å². The van der Waals surface area contributed by atoms with Crippen molar-refractivity contribution in [1.82, 2.24) is 19.3 Å². The molecule has 0 bridgehead atoms. The molecule has 0 N–H and O–H groups in total. The quantitative estimate of drug-likeness (QED) is 0.683. The lowest BCUT2D eigenvalue weighted by atomic mass is 10.3. The van der Waals surface area contributed by atoms with Crippen molar-refractivity contribution in [1.29, 1.82) is 0 Å². The highest BCUT2D eigenvalue weighted by Gasteiger charge is 2.10. The predicted molar refractivity (Wildman–Crippen MR) is 73.3 cm³/mol. The summed E-state index contributed by atoms with van der Waals surface area (Å²) in [6.07, 6.45) is 4.54. The molecule has 0 amide bonds. The summed E-state index contributed by atoms with van der Waals surface area (Å²) in [7, 11) is 0. The summed E-state index contributed by atoms with van der Waals surface area (Å²) < 4.78 is 15.9. The summed E-state index contributed by atoms with van der Waals surface area (Å²) in [5.41, 5.74) is 0.917. The summed E-state index contributed by atoms with van der Waals surface area (Å²) in [6.45, 7) is 3.99. The molecule has 100 valence electrons. The molecule has 3 rings (SSSR count). The minimum Gasteiger partial charge on any atom is -0.295 e. The van der Waals surface area contributed by atoms with Crippen LogP contribution in [0, 0.1) is 5.82 Å². The van der Waals surface area contributed by atoms with E-state index in [-0.39, 0.29) is 11.4 Å². The summed E-state index contributed by atoms with van der Waals surface area (Å²) in [4.78, 5) is 16.4. The molecule has 0 spiro atoms. The van der Waals surface area contributed by atoms with Gasteiger partial charge in [0.05, 0.1) is 11.9 Å². The van der Waals surface area contributed by atoms with Crippen molar-refractivity contribution in [3.05, 3.63) is 65.6 Å². The maximum absolute atomic E-state index is 12.9. The lowest BCUT2D eigenvalue weighted by Crippen LogP contribution is -2.19. The molecule has 0 aliphatic rings. The molecule has 2 aromatic heterocycles. The Balaban J connectivity index is 2.19. The van der Waals surface area contributed by atoms with Crippen LogP contribution in [-0.2, 0) is 6.54 Å². The van der Waals surface area contributed by atoms with Crippen molar-refractivity contribution in [2.24, 2.45) is 0 Å². The van der Waals surface area contributed by atoms with Gasteiger partial charge < -0.3 is 0 Å². The van der Waals surface area contributed by atoms with Gasteiger partial charge in [0.1, 0.15) is 17.5 Å². The number of allylic oxidation sites excluding steroid dienone is 1. The second-order valence-corrected chi connectivity index (χ2v) is 4.26. The number of hydrogen-bond acceptors (Lipinski definition) is 3. The molecule has 20 heavy (non-hydrogen) atoms. The van der Waals surface area contributed by atoms with Crippen LogP contribution in [-0.4, -0.2) is 19.3 Å².